The van der Waals surface area contributed by atoms with Crippen LogP contribution >= 0.6 is 11.6 Å². The fourth-order valence-corrected chi connectivity index (χ4v) is 2.96. The fraction of sp³-hybridized carbons (Fsp3) is 0.688. The van der Waals surface area contributed by atoms with Gasteiger partial charge in [-0.15, -0.1) is 0 Å². The summed E-state index contributed by atoms with van der Waals surface area (Å²) >= 11 is 6.21. The Morgan fingerprint density at radius 3 is 2.86 bits per heavy atom. The minimum Gasteiger partial charge on any atom is -0.474 e. The largest absolute Gasteiger partial charge is 0.474 e. The molecule has 0 aliphatic heterocycles. The van der Waals surface area contributed by atoms with E-state index in [1.165, 1.54) is 12.8 Å². The molecule has 1 heterocycles. The maximum absolute atomic E-state index is 6.21. The average Bonchev–Trinajstić information content (AvgIpc) is 3.32. The van der Waals surface area contributed by atoms with Crippen LogP contribution in [0.25, 0.3) is 0 Å². The third-order valence-corrected chi connectivity index (χ3v) is 4.61. The number of nitrogens with zero attached hydrogens (tertiary/aromatic N) is 1. The van der Waals surface area contributed by atoms with Gasteiger partial charge in [-0.05, 0) is 37.7 Å². The van der Waals surface area contributed by atoms with Crippen LogP contribution in [0.5, 0.6) is 5.88 Å². The molecular formula is C16H23ClN2O2. The summed E-state index contributed by atoms with van der Waals surface area (Å²) in [4.78, 5) is 4.30. The van der Waals surface area contributed by atoms with Gasteiger partial charge in [-0.25, -0.2) is 4.98 Å². The number of hydrogen-bond donors (Lipinski definition) is 1. The summed E-state index contributed by atoms with van der Waals surface area (Å²) in [6.45, 7) is 0.785. The smallest absolute Gasteiger partial charge is 0.213 e. The van der Waals surface area contributed by atoms with Gasteiger partial charge >= 0.3 is 0 Å². The molecule has 0 radical (unpaired) electrons. The molecule has 21 heavy (non-hydrogen) atoms. The molecule has 1 N–H and O–H groups in total. The lowest BCUT2D eigenvalue weighted by Crippen LogP contribution is -2.29. The minimum absolute atomic E-state index is 0.196. The lowest BCUT2D eigenvalue weighted by Gasteiger charge is -2.28. The van der Waals surface area contributed by atoms with Crippen LogP contribution in [0.2, 0.25) is 5.02 Å². The molecule has 2 aliphatic rings. The van der Waals surface area contributed by atoms with Crippen LogP contribution in [-0.4, -0.2) is 30.3 Å². The number of rotatable bonds is 6. The molecule has 2 fully saturated rings. The number of pyridine rings is 1. The summed E-state index contributed by atoms with van der Waals surface area (Å²) in [5, 5.41) is 4.18. The van der Waals surface area contributed by atoms with E-state index in [2.05, 4.69) is 10.3 Å². The van der Waals surface area contributed by atoms with Crippen molar-refractivity contribution in [1.82, 2.24) is 10.3 Å². The molecule has 0 bridgehead atoms. The highest BCUT2D eigenvalue weighted by Gasteiger charge is 2.24. The molecule has 3 rings (SSSR count). The Bertz CT molecular complexity index is 479. The predicted octanol–water partition coefficient (Wildman–Crippen LogP) is 3.32. The molecule has 2 saturated carbocycles. The first-order chi connectivity index (χ1) is 10.2. The van der Waals surface area contributed by atoms with E-state index < -0.39 is 0 Å². The van der Waals surface area contributed by atoms with Gasteiger partial charge < -0.3 is 14.8 Å². The van der Waals surface area contributed by atoms with Gasteiger partial charge in [0.15, 0.2) is 0 Å². The molecule has 0 aromatic carbocycles. The summed E-state index contributed by atoms with van der Waals surface area (Å²) in [5.41, 5.74) is 1.06. The van der Waals surface area contributed by atoms with Crippen LogP contribution in [0.4, 0.5) is 0 Å². The second-order valence-corrected chi connectivity index (χ2v) is 6.44. The summed E-state index contributed by atoms with van der Waals surface area (Å²) in [6, 6.07) is 2.63. The lowest BCUT2D eigenvalue weighted by molar-refractivity contribution is 0.0195. The van der Waals surface area contributed by atoms with Gasteiger partial charge in [-0.1, -0.05) is 11.6 Å². The van der Waals surface area contributed by atoms with E-state index in [-0.39, 0.29) is 6.10 Å². The van der Waals surface area contributed by atoms with Crippen molar-refractivity contribution in [3.05, 3.63) is 22.8 Å². The molecule has 0 amide bonds. The number of nitrogens with one attached hydrogen (secondary N) is 1. The molecule has 116 valence electrons. The first kappa shape index (κ1) is 15.1. The molecule has 1 aromatic heterocycles. The lowest BCUT2D eigenvalue weighted by atomic mass is 9.95. The molecule has 2 unspecified atom stereocenters. The normalized spacial score (nSPS) is 25.8. The number of hydrogen-bond acceptors (Lipinski definition) is 4. The first-order valence-electron chi connectivity index (χ1n) is 7.82. The Kier molecular flexibility index (Phi) is 4.99. The minimum atomic E-state index is 0.196. The number of ether oxygens (including phenoxy) is 2. The Morgan fingerprint density at radius 2 is 2.10 bits per heavy atom. The fourth-order valence-electron chi connectivity index (χ4n) is 2.79. The summed E-state index contributed by atoms with van der Waals surface area (Å²) in [7, 11) is 1.77. The highest BCUT2D eigenvalue weighted by molar-refractivity contribution is 6.31. The molecule has 5 heteroatoms. The predicted molar refractivity (Wildman–Crippen MR) is 82.8 cm³/mol. The Balaban J connectivity index is 1.60. The topological polar surface area (TPSA) is 43.4 Å². The molecular weight excluding hydrogens is 288 g/mol. The van der Waals surface area contributed by atoms with Gasteiger partial charge in [0.1, 0.15) is 6.10 Å². The van der Waals surface area contributed by atoms with Crippen LogP contribution in [0.3, 0.4) is 0 Å². The zero-order valence-corrected chi connectivity index (χ0v) is 13.2. The maximum Gasteiger partial charge on any atom is 0.213 e. The molecule has 2 aliphatic carbocycles. The van der Waals surface area contributed by atoms with E-state index in [0.29, 0.717) is 23.0 Å². The van der Waals surface area contributed by atoms with Crippen LogP contribution in [0.15, 0.2) is 12.3 Å². The van der Waals surface area contributed by atoms with E-state index in [9.17, 15) is 0 Å². The third-order valence-electron chi connectivity index (χ3n) is 4.27. The highest BCUT2D eigenvalue weighted by atomic mass is 35.5. The van der Waals surface area contributed by atoms with E-state index in [1.807, 2.05) is 6.07 Å². The van der Waals surface area contributed by atoms with E-state index >= 15 is 0 Å². The summed E-state index contributed by atoms with van der Waals surface area (Å²) < 4.78 is 11.5. The van der Waals surface area contributed by atoms with E-state index in [0.717, 1.165) is 37.8 Å². The van der Waals surface area contributed by atoms with Gasteiger partial charge in [0.25, 0.3) is 0 Å². The van der Waals surface area contributed by atoms with Gasteiger partial charge in [-0.2, -0.15) is 0 Å². The quantitative estimate of drug-likeness (QED) is 0.875. The Hall–Kier alpha value is -0.840. The third kappa shape index (κ3) is 4.31. The molecule has 0 spiro atoms. The zero-order chi connectivity index (χ0) is 14.7. The number of aromatic nitrogens is 1. The maximum atomic E-state index is 6.21. The van der Waals surface area contributed by atoms with E-state index in [1.54, 1.807) is 13.3 Å². The molecule has 2 atom stereocenters. The number of halogens is 1. The monoisotopic (exact) mass is 310 g/mol. The zero-order valence-electron chi connectivity index (χ0n) is 12.5. The summed E-state index contributed by atoms with van der Waals surface area (Å²) in [5.74, 6) is 0.675. The van der Waals surface area contributed by atoms with Crippen molar-refractivity contribution < 1.29 is 9.47 Å². The Morgan fingerprint density at radius 1 is 1.29 bits per heavy atom. The van der Waals surface area contributed by atoms with Crippen LogP contribution in [-0.2, 0) is 11.3 Å². The second-order valence-electron chi connectivity index (χ2n) is 6.03. The van der Waals surface area contributed by atoms with Crippen molar-refractivity contribution in [2.75, 3.05) is 7.11 Å². The average molecular weight is 311 g/mol. The molecule has 1 aromatic rings. The Labute approximate surface area is 131 Å². The SMILES string of the molecule is COC1CCCC(Oc2cc(CNC3CC3)c(Cl)cn2)C1. The number of methoxy groups -OCH3 is 1. The first-order valence-corrected chi connectivity index (χ1v) is 8.19. The molecule has 4 nitrogen and oxygen atoms in total. The van der Waals surface area contributed by atoms with Crippen molar-refractivity contribution in [2.45, 2.75) is 63.3 Å². The summed E-state index contributed by atoms with van der Waals surface area (Å²) in [6.07, 6.45) is 9.02. The van der Waals surface area contributed by atoms with Gasteiger partial charge in [0, 0.05) is 38.4 Å². The molecule has 0 saturated heterocycles. The van der Waals surface area contributed by atoms with Crippen LogP contribution < -0.4 is 10.1 Å². The van der Waals surface area contributed by atoms with Crippen LogP contribution in [0, 0.1) is 0 Å². The second kappa shape index (κ2) is 6.95. The van der Waals surface area contributed by atoms with Crippen molar-refractivity contribution in [1.29, 1.82) is 0 Å². The highest BCUT2D eigenvalue weighted by Crippen LogP contribution is 2.27. The van der Waals surface area contributed by atoms with Crippen molar-refractivity contribution >= 4 is 11.6 Å². The standard InChI is InChI=1S/C16H23ClN2O2/c1-20-13-3-2-4-14(8-13)21-16-7-11(15(17)10-19-16)9-18-12-5-6-12/h7,10,12-14,18H,2-6,8-9H2,1H3. The van der Waals surface area contributed by atoms with Gasteiger partial charge in [0.05, 0.1) is 11.1 Å². The van der Waals surface area contributed by atoms with Crippen LogP contribution in [0.1, 0.15) is 44.1 Å². The van der Waals surface area contributed by atoms with Crippen molar-refractivity contribution in [3.63, 3.8) is 0 Å². The van der Waals surface area contributed by atoms with Gasteiger partial charge in [0.2, 0.25) is 5.88 Å². The van der Waals surface area contributed by atoms with E-state index in [4.69, 9.17) is 21.1 Å². The van der Waals surface area contributed by atoms with Crippen molar-refractivity contribution in [3.8, 4) is 5.88 Å². The van der Waals surface area contributed by atoms with Gasteiger partial charge in [-0.3, -0.25) is 0 Å². The van der Waals surface area contributed by atoms with Crippen molar-refractivity contribution in [2.24, 2.45) is 0 Å².